The lowest BCUT2D eigenvalue weighted by atomic mass is 9.68. The number of anilines is 3. The minimum absolute atomic E-state index is 0.410. The zero-order valence-corrected chi connectivity index (χ0v) is 30.9. The lowest BCUT2D eigenvalue weighted by Crippen LogP contribution is -2.28. The Morgan fingerprint density at radius 2 is 1.00 bits per heavy atom. The molecule has 0 spiro atoms. The summed E-state index contributed by atoms with van der Waals surface area (Å²) in [6, 6.07) is 71.3. The molecule has 0 amide bonds. The Hall–Kier alpha value is -5.74. The molecule has 8 aromatic carbocycles. The summed E-state index contributed by atoms with van der Waals surface area (Å²) in [4.78, 5) is 7.62. The second-order valence-electron chi connectivity index (χ2n) is 13.7. The SMILES string of the molecule is Cc1cccc(N(c2ccccc2)c2ccc(-c3cccc4c3Sc3c(ccc5c3-c3ccccc3C5(c3ccccc3)c3ccccc3)S4)cc2)c1. The van der Waals surface area contributed by atoms with Crippen LogP contribution < -0.4 is 4.90 Å². The van der Waals surface area contributed by atoms with Crippen LogP contribution >= 0.6 is 23.5 Å². The van der Waals surface area contributed by atoms with Crippen LogP contribution in [0.25, 0.3) is 22.3 Å². The first-order valence-electron chi connectivity index (χ1n) is 18.1. The number of para-hydroxylation sites is 1. The predicted octanol–water partition coefficient (Wildman–Crippen LogP) is 14.1. The van der Waals surface area contributed by atoms with Crippen LogP contribution in [-0.4, -0.2) is 0 Å². The Labute approximate surface area is 320 Å². The van der Waals surface area contributed by atoms with Gasteiger partial charge in [-0.1, -0.05) is 169 Å². The van der Waals surface area contributed by atoms with Crippen molar-refractivity contribution in [3.63, 3.8) is 0 Å². The van der Waals surface area contributed by atoms with Crippen molar-refractivity contribution in [3.05, 3.63) is 222 Å². The maximum atomic E-state index is 2.40. The molecule has 0 radical (unpaired) electrons. The maximum absolute atomic E-state index is 2.40. The zero-order chi connectivity index (χ0) is 35.4. The lowest BCUT2D eigenvalue weighted by molar-refractivity contribution is 0.766. The summed E-state index contributed by atoms with van der Waals surface area (Å²) in [5.41, 5.74) is 14.7. The van der Waals surface area contributed by atoms with Crippen molar-refractivity contribution in [2.45, 2.75) is 31.9 Å². The van der Waals surface area contributed by atoms with Gasteiger partial charge in [-0.3, -0.25) is 0 Å². The van der Waals surface area contributed by atoms with E-state index in [9.17, 15) is 0 Å². The molecule has 0 unspecified atom stereocenters. The highest BCUT2D eigenvalue weighted by atomic mass is 32.2. The zero-order valence-electron chi connectivity index (χ0n) is 29.2. The van der Waals surface area contributed by atoms with Gasteiger partial charge in [0.15, 0.2) is 0 Å². The molecule has 10 rings (SSSR count). The molecule has 1 aliphatic heterocycles. The second kappa shape index (κ2) is 13.0. The smallest absolute Gasteiger partial charge is 0.0713 e. The molecule has 0 aromatic heterocycles. The molecule has 0 saturated carbocycles. The largest absolute Gasteiger partial charge is 0.310 e. The summed E-state index contributed by atoms with van der Waals surface area (Å²) in [5, 5.41) is 0. The Balaban J connectivity index is 1.10. The summed E-state index contributed by atoms with van der Waals surface area (Å²) in [5.74, 6) is 0. The van der Waals surface area contributed by atoms with Gasteiger partial charge in [-0.05, 0) is 100.0 Å². The molecule has 1 aliphatic carbocycles. The van der Waals surface area contributed by atoms with E-state index in [2.05, 4.69) is 206 Å². The molecule has 1 nitrogen and oxygen atoms in total. The van der Waals surface area contributed by atoms with E-state index in [0.29, 0.717) is 0 Å². The van der Waals surface area contributed by atoms with Crippen molar-refractivity contribution < 1.29 is 0 Å². The van der Waals surface area contributed by atoms with E-state index in [-0.39, 0.29) is 0 Å². The van der Waals surface area contributed by atoms with Crippen LogP contribution in [0.2, 0.25) is 0 Å². The number of rotatable bonds is 6. The van der Waals surface area contributed by atoms with Crippen LogP contribution in [0, 0.1) is 6.92 Å². The molecule has 53 heavy (non-hydrogen) atoms. The van der Waals surface area contributed by atoms with Crippen LogP contribution in [0.3, 0.4) is 0 Å². The van der Waals surface area contributed by atoms with Crippen LogP contribution in [0.15, 0.2) is 214 Å². The highest BCUT2D eigenvalue weighted by Crippen LogP contribution is 2.62. The number of hydrogen-bond acceptors (Lipinski definition) is 3. The molecule has 252 valence electrons. The van der Waals surface area contributed by atoms with Gasteiger partial charge in [-0.2, -0.15) is 0 Å². The fraction of sp³-hybridized carbons (Fsp3) is 0.0400. The minimum Gasteiger partial charge on any atom is -0.310 e. The molecular formula is C50H35NS2. The fourth-order valence-electron chi connectivity index (χ4n) is 8.39. The Morgan fingerprint density at radius 3 is 1.72 bits per heavy atom. The topological polar surface area (TPSA) is 3.24 Å². The summed E-state index contributed by atoms with van der Waals surface area (Å²) < 4.78 is 0. The monoisotopic (exact) mass is 713 g/mol. The van der Waals surface area contributed by atoms with Gasteiger partial charge in [0.05, 0.1) is 5.41 Å². The summed E-state index contributed by atoms with van der Waals surface area (Å²) >= 11 is 3.84. The van der Waals surface area contributed by atoms with E-state index in [1.54, 1.807) is 0 Å². The third kappa shape index (κ3) is 5.18. The van der Waals surface area contributed by atoms with Crippen LogP contribution in [0.1, 0.15) is 27.8 Å². The van der Waals surface area contributed by atoms with Crippen molar-refractivity contribution in [2.24, 2.45) is 0 Å². The number of aryl methyl sites for hydroxylation is 1. The minimum atomic E-state index is -0.410. The quantitative estimate of drug-likeness (QED) is 0.169. The lowest BCUT2D eigenvalue weighted by Gasteiger charge is -2.34. The summed E-state index contributed by atoms with van der Waals surface area (Å²) in [6.45, 7) is 2.15. The first-order chi connectivity index (χ1) is 26.2. The van der Waals surface area contributed by atoms with Crippen molar-refractivity contribution in [1.29, 1.82) is 0 Å². The second-order valence-corrected chi connectivity index (χ2v) is 15.8. The first-order valence-corrected chi connectivity index (χ1v) is 19.7. The molecule has 3 heteroatoms. The molecule has 0 atom stereocenters. The van der Waals surface area contributed by atoms with Gasteiger partial charge in [-0.15, -0.1) is 0 Å². The maximum Gasteiger partial charge on any atom is 0.0713 e. The molecule has 0 bridgehead atoms. The van der Waals surface area contributed by atoms with Crippen LogP contribution in [0.5, 0.6) is 0 Å². The molecule has 0 N–H and O–H groups in total. The van der Waals surface area contributed by atoms with Crippen molar-refractivity contribution in [3.8, 4) is 22.3 Å². The third-order valence-corrected chi connectivity index (χ3v) is 13.3. The molecule has 1 heterocycles. The number of fused-ring (bicyclic) bond motifs is 6. The van der Waals surface area contributed by atoms with Crippen molar-refractivity contribution in [1.82, 2.24) is 0 Å². The van der Waals surface area contributed by atoms with Gasteiger partial charge >= 0.3 is 0 Å². The number of benzene rings is 8. The Kier molecular flexibility index (Phi) is 7.86. The highest BCUT2D eigenvalue weighted by Gasteiger charge is 2.47. The third-order valence-electron chi connectivity index (χ3n) is 10.7. The van der Waals surface area contributed by atoms with Gasteiger partial charge in [0, 0.05) is 42.2 Å². The molecule has 0 fully saturated rings. The summed E-state index contributed by atoms with van der Waals surface area (Å²) in [6.07, 6.45) is 0. The van der Waals surface area contributed by atoms with E-state index in [0.717, 1.165) is 17.1 Å². The van der Waals surface area contributed by atoms with E-state index in [1.165, 1.54) is 69.7 Å². The average molecular weight is 714 g/mol. The Bertz CT molecular complexity index is 2580. The van der Waals surface area contributed by atoms with Crippen molar-refractivity contribution >= 4 is 40.6 Å². The van der Waals surface area contributed by atoms with Gasteiger partial charge in [-0.25, -0.2) is 0 Å². The fourth-order valence-corrected chi connectivity index (χ4v) is 11.0. The normalized spacial score (nSPS) is 13.4. The van der Waals surface area contributed by atoms with Gasteiger partial charge in [0.2, 0.25) is 0 Å². The first kappa shape index (κ1) is 32.0. The van der Waals surface area contributed by atoms with Gasteiger partial charge in [0.25, 0.3) is 0 Å². The predicted molar refractivity (Wildman–Crippen MR) is 223 cm³/mol. The van der Waals surface area contributed by atoms with E-state index < -0.39 is 5.41 Å². The molecule has 0 saturated heterocycles. The molecular weight excluding hydrogens is 679 g/mol. The summed E-state index contributed by atoms with van der Waals surface area (Å²) in [7, 11) is 0. The van der Waals surface area contributed by atoms with Crippen LogP contribution in [-0.2, 0) is 5.41 Å². The standard InChI is InChI=1S/C50H35NS2/c1-34-15-13-22-40(33-34)51(38-20-9-4-10-21-38)39-29-27-35(28-30-39)41-24-14-26-45-48(41)53-49-46(52-45)32-31-44-47(49)42-23-11-12-25-43(42)50(44,36-16-5-2-6-17-36)37-18-7-3-8-19-37/h2-33H,1H3. The van der Waals surface area contributed by atoms with E-state index in [1.807, 2.05) is 23.5 Å². The molecule has 8 aromatic rings. The number of hydrogen-bond donors (Lipinski definition) is 0. The van der Waals surface area contributed by atoms with Crippen LogP contribution in [0.4, 0.5) is 17.1 Å². The number of nitrogens with zero attached hydrogens (tertiary/aromatic N) is 1. The van der Waals surface area contributed by atoms with Gasteiger partial charge in [0.1, 0.15) is 0 Å². The Morgan fingerprint density at radius 1 is 0.415 bits per heavy atom. The van der Waals surface area contributed by atoms with E-state index >= 15 is 0 Å². The highest BCUT2D eigenvalue weighted by molar-refractivity contribution is 8.05. The average Bonchev–Trinajstić information content (AvgIpc) is 3.53. The van der Waals surface area contributed by atoms with E-state index in [4.69, 9.17) is 0 Å². The van der Waals surface area contributed by atoms with Gasteiger partial charge < -0.3 is 4.90 Å². The molecule has 2 aliphatic rings. The van der Waals surface area contributed by atoms with Crippen molar-refractivity contribution in [2.75, 3.05) is 4.90 Å².